The van der Waals surface area contributed by atoms with Crippen molar-refractivity contribution < 1.29 is 17.9 Å². The van der Waals surface area contributed by atoms with Gasteiger partial charge in [-0.15, -0.1) is 20.5 Å². The van der Waals surface area contributed by atoms with Gasteiger partial charge in [0.1, 0.15) is 16.5 Å². The molecule has 0 unspecified atom stereocenters. The second-order valence-corrected chi connectivity index (χ2v) is 10.6. The first kappa shape index (κ1) is 21.6. The fourth-order valence-corrected chi connectivity index (χ4v) is 6.42. The number of rotatable bonds is 5. The molecule has 0 atom stereocenters. The van der Waals surface area contributed by atoms with Crippen LogP contribution in [-0.2, 0) is 16.6 Å². The van der Waals surface area contributed by atoms with Gasteiger partial charge in [-0.3, -0.25) is 0 Å². The molecule has 0 bridgehead atoms. The van der Waals surface area contributed by atoms with Crippen LogP contribution in [0.1, 0.15) is 5.82 Å². The highest BCUT2D eigenvalue weighted by Gasteiger charge is 2.34. The van der Waals surface area contributed by atoms with Gasteiger partial charge >= 0.3 is 0 Å². The second kappa shape index (κ2) is 8.07. The highest BCUT2D eigenvalue weighted by Crippen LogP contribution is 2.38. The number of methoxy groups -OCH3 is 1. The number of thiazole rings is 1. The maximum atomic E-state index is 13.0. The van der Waals surface area contributed by atoms with Crippen LogP contribution in [0.2, 0.25) is 0 Å². The molecule has 0 N–H and O–H groups in total. The summed E-state index contributed by atoms with van der Waals surface area (Å²) in [5.41, 5.74) is 2.41. The summed E-state index contributed by atoms with van der Waals surface area (Å²) >= 11 is 1.60. The molecule has 0 aliphatic carbocycles. The summed E-state index contributed by atoms with van der Waals surface area (Å²) in [7, 11) is -0.523. The van der Waals surface area contributed by atoms with Gasteiger partial charge < -0.3 is 14.4 Å². The van der Waals surface area contributed by atoms with Gasteiger partial charge in [0, 0.05) is 12.6 Å². The van der Waals surface area contributed by atoms with Crippen LogP contribution in [0.15, 0.2) is 71.6 Å². The van der Waals surface area contributed by atoms with E-state index in [0.717, 1.165) is 24.9 Å². The molecule has 0 saturated carbocycles. The molecular formula is C24H19N5O4S2. The standard InChI is InChI=1S/C24H19N5O4S2/c1-28-17-8-4-6-10-21(17)35(30,31)29-24(28)26-22(27-29)14-33-18-12-11-15(13-19(18)32-2)23-25-16-7-3-5-9-20(16)34-23/h3-13H,14H2,1-2H3. The van der Waals surface area contributed by atoms with E-state index in [1.807, 2.05) is 36.4 Å². The molecule has 0 spiro atoms. The summed E-state index contributed by atoms with van der Waals surface area (Å²) in [6, 6.07) is 20.3. The van der Waals surface area contributed by atoms with E-state index >= 15 is 0 Å². The lowest BCUT2D eigenvalue weighted by molar-refractivity contribution is 0.276. The van der Waals surface area contributed by atoms with Gasteiger partial charge in [-0.05, 0) is 42.5 Å². The predicted octanol–water partition coefficient (Wildman–Crippen LogP) is 4.46. The molecular weight excluding hydrogens is 486 g/mol. The Kier molecular flexibility index (Phi) is 4.97. The topological polar surface area (TPSA) is 99.4 Å². The molecule has 1 aliphatic rings. The quantitative estimate of drug-likeness (QED) is 0.345. The van der Waals surface area contributed by atoms with Gasteiger partial charge in [-0.25, -0.2) is 4.98 Å². The van der Waals surface area contributed by atoms with Crippen molar-refractivity contribution in [3.8, 4) is 22.1 Å². The lowest BCUT2D eigenvalue weighted by Gasteiger charge is -2.25. The molecule has 0 fully saturated rings. The third kappa shape index (κ3) is 3.51. The fourth-order valence-electron chi connectivity index (χ4n) is 3.97. The van der Waals surface area contributed by atoms with Crippen LogP contribution in [0.25, 0.3) is 20.8 Å². The van der Waals surface area contributed by atoms with E-state index in [9.17, 15) is 8.42 Å². The van der Waals surface area contributed by atoms with Crippen molar-refractivity contribution in [1.82, 2.24) is 19.2 Å². The van der Waals surface area contributed by atoms with E-state index in [2.05, 4.69) is 10.1 Å². The van der Waals surface area contributed by atoms with E-state index in [0.29, 0.717) is 17.2 Å². The average molecular weight is 506 g/mol. The monoisotopic (exact) mass is 505 g/mol. The minimum atomic E-state index is -3.84. The Balaban J connectivity index is 1.27. The summed E-state index contributed by atoms with van der Waals surface area (Å²) in [6.45, 7) is -0.0312. The Bertz CT molecular complexity index is 1660. The number of hydrogen-bond acceptors (Lipinski definition) is 9. The van der Waals surface area contributed by atoms with E-state index in [4.69, 9.17) is 14.5 Å². The van der Waals surface area contributed by atoms with E-state index < -0.39 is 10.0 Å². The summed E-state index contributed by atoms with van der Waals surface area (Å²) in [6.07, 6.45) is 0. The summed E-state index contributed by atoms with van der Waals surface area (Å²) < 4.78 is 39.6. The largest absolute Gasteiger partial charge is 0.493 e. The first-order valence-corrected chi connectivity index (χ1v) is 12.9. The van der Waals surface area contributed by atoms with Crippen molar-refractivity contribution in [2.24, 2.45) is 0 Å². The summed E-state index contributed by atoms with van der Waals surface area (Å²) in [5.74, 6) is 1.47. The van der Waals surface area contributed by atoms with E-state index in [-0.39, 0.29) is 23.3 Å². The van der Waals surface area contributed by atoms with Crippen LogP contribution in [0.5, 0.6) is 11.5 Å². The first-order chi connectivity index (χ1) is 17.0. The number of anilines is 2. The van der Waals surface area contributed by atoms with Gasteiger partial charge in [0.2, 0.25) is 5.95 Å². The van der Waals surface area contributed by atoms with Crippen LogP contribution < -0.4 is 14.4 Å². The zero-order chi connectivity index (χ0) is 24.2. The third-order valence-corrected chi connectivity index (χ3v) is 8.39. The number of fused-ring (bicyclic) bond motifs is 3. The molecule has 9 nitrogen and oxygen atoms in total. The van der Waals surface area contributed by atoms with Crippen LogP contribution in [0.3, 0.4) is 0 Å². The Hall–Kier alpha value is -3.96. The zero-order valence-electron chi connectivity index (χ0n) is 18.7. The Labute approximate surface area is 205 Å². The lowest BCUT2D eigenvalue weighted by Crippen LogP contribution is -2.28. The zero-order valence-corrected chi connectivity index (χ0v) is 20.4. The van der Waals surface area contributed by atoms with E-state index in [1.54, 1.807) is 60.7 Å². The second-order valence-electron chi connectivity index (χ2n) is 7.84. The normalized spacial score (nSPS) is 13.9. The molecule has 0 amide bonds. The van der Waals surface area contributed by atoms with Gasteiger partial charge in [-0.1, -0.05) is 24.3 Å². The molecule has 5 aromatic rings. The van der Waals surface area contributed by atoms with Crippen molar-refractivity contribution >= 4 is 43.2 Å². The number of benzene rings is 3. The van der Waals surface area contributed by atoms with Gasteiger partial charge in [0.25, 0.3) is 10.0 Å². The van der Waals surface area contributed by atoms with Crippen LogP contribution in [0, 0.1) is 0 Å². The smallest absolute Gasteiger partial charge is 0.288 e. The van der Waals surface area contributed by atoms with Crippen molar-refractivity contribution in [2.75, 3.05) is 19.1 Å². The van der Waals surface area contributed by atoms with Crippen LogP contribution >= 0.6 is 11.3 Å². The maximum Gasteiger partial charge on any atom is 0.288 e. The molecule has 1 aliphatic heterocycles. The SMILES string of the molecule is COc1cc(-c2nc3ccccc3s2)ccc1OCc1nc2n(n1)S(=O)(=O)c1ccccc1N2C. The first-order valence-electron chi connectivity index (χ1n) is 10.7. The van der Waals surface area contributed by atoms with Crippen molar-refractivity contribution in [3.05, 3.63) is 72.6 Å². The van der Waals surface area contributed by atoms with Crippen LogP contribution in [0.4, 0.5) is 11.6 Å². The molecule has 2 aromatic heterocycles. The highest BCUT2D eigenvalue weighted by molar-refractivity contribution is 7.90. The Morgan fingerprint density at radius 1 is 0.971 bits per heavy atom. The minimum absolute atomic E-state index is 0.0312. The predicted molar refractivity (Wildman–Crippen MR) is 133 cm³/mol. The third-order valence-electron chi connectivity index (χ3n) is 5.70. The molecule has 6 rings (SSSR count). The Morgan fingerprint density at radius 2 is 1.77 bits per heavy atom. The number of aromatic nitrogens is 4. The molecule has 0 radical (unpaired) electrons. The molecule has 3 heterocycles. The Morgan fingerprint density at radius 3 is 2.60 bits per heavy atom. The molecule has 0 saturated heterocycles. The maximum absolute atomic E-state index is 13.0. The number of hydrogen-bond donors (Lipinski definition) is 0. The number of ether oxygens (including phenoxy) is 2. The van der Waals surface area contributed by atoms with Crippen molar-refractivity contribution in [2.45, 2.75) is 11.5 Å². The molecule has 35 heavy (non-hydrogen) atoms. The molecule has 176 valence electrons. The average Bonchev–Trinajstić information content (AvgIpc) is 3.52. The molecule has 3 aromatic carbocycles. The fraction of sp³-hybridized carbons (Fsp3) is 0.125. The van der Waals surface area contributed by atoms with Gasteiger partial charge in [0.05, 0.1) is 23.0 Å². The van der Waals surface area contributed by atoms with Gasteiger partial charge in [0.15, 0.2) is 17.3 Å². The number of para-hydroxylation sites is 2. The van der Waals surface area contributed by atoms with Gasteiger partial charge in [-0.2, -0.15) is 13.4 Å². The highest BCUT2D eigenvalue weighted by atomic mass is 32.2. The summed E-state index contributed by atoms with van der Waals surface area (Å²) in [5, 5.41) is 5.10. The minimum Gasteiger partial charge on any atom is -0.493 e. The van der Waals surface area contributed by atoms with Crippen molar-refractivity contribution in [3.63, 3.8) is 0 Å². The van der Waals surface area contributed by atoms with Crippen molar-refractivity contribution in [1.29, 1.82) is 0 Å². The van der Waals surface area contributed by atoms with Crippen LogP contribution in [-0.4, -0.2) is 41.7 Å². The summed E-state index contributed by atoms with van der Waals surface area (Å²) in [4.78, 5) is 11.0. The lowest BCUT2D eigenvalue weighted by atomic mass is 10.2. The molecule has 11 heteroatoms. The number of nitrogens with zero attached hydrogens (tertiary/aromatic N) is 5. The van der Waals surface area contributed by atoms with E-state index in [1.165, 1.54) is 0 Å².